The third-order valence-electron chi connectivity index (χ3n) is 3.46. The maximum Gasteiger partial charge on any atom is 0.269 e. The number of hydrogen-bond donors (Lipinski definition) is 2. The van der Waals surface area contributed by atoms with Crippen molar-refractivity contribution in [2.45, 2.75) is 20.3 Å². The maximum absolute atomic E-state index is 12.1. The summed E-state index contributed by atoms with van der Waals surface area (Å²) in [7, 11) is 0. The van der Waals surface area contributed by atoms with Crippen LogP contribution in [0.3, 0.4) is 0 Å². The van der Waals surface area contributed by atoms with Crippen LogP contribution in [0.5, 0.6) is 0 Å². The van der Waals surface area contributed by atoms with Crippen molar-refractivity contribution in [1.82, 2.24) is 15.2 Å². The number of aromatic amines is 1. The van der Waals surface area contributed by atoms with E-state index in [0.29, 0.717) is 17.2 Å². The third-order valence-corrected chi connectivity index (χ3v) is 3.46. The van der Waals surface area contributed by atoms with Crippen LogP contribution in [-0.4, -0.2) is 32.4 Å². The fourth-order valence-corrected chi connectivity index (χ4v) is 1.74. The number of nitrogens with zero attached hydrogens (tertiary/aromatic N) is 3. The van der Waals surface area contributed by atoms with Gasteiger partial charge in [-0.25, -0.2) is 4.98 Å². The minimum atomic E-state index is -0.611. The topological polar surface area (TPSA) is 128 Å². The van der Waals surface area contributed by atoms with Crippen LogP contribution >= 0.6 is 0 Å². The normalized spacial score (nSPS) is 11.4. The van der Waals surface area contributed by atoms with Crippen LogP contribution in [0.15, 0.2) is 24.3 Å². The summed E-state index contributed by atoms with van der Waals surface area (Å²) in [5.41, 5.74) is 5.60. The van der Waals surface area contributed by atoms with Crippen molar-refractivity contribution in [1.29, 1.82) is 0 Å². The highest BCUT2D eigenvalue weighted by Crippen LogP contribution is 2.20. The van der Waals surface area contributed by atoms with E-state index in [0.717, 1.165) is 0 Å². The number of benzene rings is 1. The molecule has 0 unspecified atom stereocenters. The van der Waals surface area contributed by atoms with Crippen LogP contribution in [0.2, 0.25) is 0 Å². The molecule has 0 spiro atoms. The second-order valence-electron chi connectivity index (χ2n) is 5.60. The van der Waals surface area contributed by atoms with E-state index in [9.17, 15) is 14.9 Å². The molecule has 0 saturated heterocycles. The van der Waals surface area contributed by atoms with E-state index >= 15 is 0 Å². The molecule has 0 aliphatic heterocycles. The number of nitrogens with one attached hydrogen (secondary N) is 1. The number of carbonyl (C=O) groups excluding carboxylic acids is 1. The lowest BCUT2D eigenvalue weighted by Gasteiger charge is -2.19. The number of non-ortho nitro benzene ring substituents is 1. The van der Waals surface area contributed by atoms with Crippen molar-refractivity contribution in [3.63, 3.8) is 0 Å². The predicted octanol–water partition coefficient (Wildman–Crippen LogP) is 1.48. The zero-order valence-electron chi connectivity index (χ0n) is 12.4. The van der Waals surface area contributed by atoms with E-state index in [1.54, 1.807) is 26.0 Å². The molecule has 1 heterocycles. The van der Waals surface area contributed by atoms with E-state index in [4.69, 9.17) is 5.73 Å². The van der Waals surface area contributed by atoms with Gasteiger partial charge in [-0.05, 0) is 12.1 Å². The monoisotopic (exact) mass is 303 g/mol. The number of hydrogen-bond acceptors (Lipinski definition) is 6. The summed E-state index contributed by atoms with van der Waals surface area (Å²) in [6.45, 7) is 3.82. The van der Waals surface area contributed by atoms with Crippen LogP contribution in [-0.2, 0) is 11.2 Å². The quantitative estimate of drug-likeness (QED) is 0.614. The summed E-state index contributed by atoms with van der Waals surface area (Å²) < 4.78 is 0. The standard InChI is InChI=1S/C14H17N5O3/c1-14(2,8-15)11(20)7-12-16-13(18-17-12)9-3-5-10(6-4-9)19(21)22/h3-6H,7-8,15H2,1-2H3,(H,16,17,18). The van der Waals surface area contributed by atoms with Gasteiger partial charge in [0.1, 0.15) is 11.6 Å². The molecule has 0 fully saturated rings. The Morgan fingerprint density at radius 2 is 2.00 bits per heavy atom. The highest BCUT2D eigenvalue weighted by molar-refractivity contribution is 5.85. The number of aromatic nitrogens is 3. The van der Waals surface area contributed by atoms with Gasteiger partial charge in [0.05, 0.1) is 11.3 Å². The Hall–Kier alpha value is -2.61. The minimum Gasteiger partial charge on any atom is -0.329 e. The summed E-state index contributed by atoms with van der Waals surface area (Å²) in [5, 5.41) is 17.4. The van der Waals surface area contributed by atoms with Gasteiger partial charge in [0.15, 0.2) is 5.82 Å². The lowest BCUT2D eigenvalue weighted by atomic mass is 9.86. The third kappa shape index (κ3) is 3.34. The molecule has 0 amide bonds. The molecule has 22 heavy (non-hydrogen) atoms. The smallest absolute Gasteiger partial charge is 0.269 e. The molecule has 0 aliphatic carbocycles. The highest BCUT2D eigenvalue weighted by Gasteiger charge is 2.26. The first-order valence-electron chi connectivity index (χ1n) is 6.73. The molecule has 0 bridgehead atoms. The second kappa shape index (κ2) is 6.02. The van der Waals surface area contributed by atoms with Gasteiger partial charge in [-0.3, -0.25) is 20.0 Å². The molecule has 0 aliphatic rings. The maximum atomic E-state index is 12.1. The number of carbonyl (C=O) groups is 1. The number of nitro groups is 1. The molecule has 0 atom stereocenters. The molecular formula is C14H17N5O3. The summed E-state index contributed by atoms with van der Waals surface area (Å²) in [5.74, 6) is 0.810. The summed E-state index contributed by atoms with van der Waals surface area (Å²) in [6, 6.07) is 5.90. The average molecular weight is 303 g/mol. The van der Waals surface area contributed by atoms with Gasteiger partial charge in [-0.15, -0.1) is 0 Å². The van der Waals surface area contributed by atoms with Crippen molar-refractivity contribution in [3.8, 4) is 11.4 Å². The lowest BCUT2D eigenvalue weighted by molar-refractivity contribution is -0.384. The second-order valence-corrected chi connectivity index (χ2v) is 5.60. The van der Waals surface area contributed by atoms with Crippen LogP contribution in [0, 0.1) is 15.5 Å². The number of nitro benzene ring substituents is 1. The number of ketones is 1. The van der Waals surface area contributed by atoms with Crippen LogP contribution in [0.1, 0.15) is 19.7 Å². The molecule has 0 saturated carbocycles. The Bertz CT molecular complexity index is 691. The summed E-state index contributed by atoms with van der Waals surface area (Å²) in [6.07, 6.45) is 0.115. The largest absolute Gasteiger partial charge is 0.329 e. The average Bonchev–Trinajstić information content (AvgIpc) is 2.95. The number of Topliss-reactive ketones (excluding diaryl/α,β-unsaturated/α-hetero) is 1. The Kier molecular flexibility index (Phi) is 4.32. The van der Waals surface area contributed by atoms with Crippen molar-refractivity contribution >= 4 is 11.5 Å². The molecule has 3 N–H and O–H groups in total. The zero-order chi connectivity index (χ0) is 16.3. The minimum absolute atomic E-state index is 0.000572. The Morgan fingerprint density at radius 1 is 1.36 bits per heavy atom. The predicted molar refractivity (Wildman–Crippen MR) is 80.0 cm³/mol. The van der Waals surface area contributed by atoms with Gasteiger partial charge in [0, 0.05) is 29.7 Å². The van der Waals surface area contributed by atoms with E-state index in [1.165, 1.54) is 12.1 Å². The summed E-state index contributed by atoms with van der Waals surface area (Å²) >= 11 is 0. The molecule has 2 aromatic rings. The molecular weight excluding hydrogens is 286 g/mol. The van der Waals surface area contributed by atoms with Gasteiger partial charge >= 0.3 is 0 Å². The first-order chi connectivity index (χ1) is 10.3. The van der Waals surface area contributed by atoms with E-state index in [-0.39, 0.29) is 24.4 Å². The lowest BCUT2D eigenvalue weighted by Crippen LogP contribution is -2.34. The zero-order valence-corrected chi connectivity index (χ0v) is 12.4. The van der Waals surface area contributed by atoms with Gasteiger partial charge in [0.25, 0.3) is 5.69 Å². The van der Waals surface area contributed by atoms with E-state index in [2.05, 4.69) is 15.2 Å². The number of nitrogens with two attached hydrogens (primary N) is 1. The van der Waals surface area contributed by atoms with E-state index < -0.39 is 10.3 Å². The van der Waals surface area contributed by atoms with Gasteiger partial charge in [-0.2, -0.15) is 5.10 Å². The number of rotatable bonds is 6. The SMILES string of the molecule is CC(C)(CN)C(=O)Cc1nc(-c2ccc([N+](=O)[O-])cc2)n[nH]1. The highest BCUT2D eigenvalue weighted by atomic mass is 16.6. The molecule has 0 radical (unpaired) electrons. The van der Waals surface area contributed by atoms with Gasteiger partial charge in [-0.1, -0.05) is 13.8 Å². The van der Waals surface area contributed by atoms with E-state index in [1.807, 2.05) is 0 Å². The Labute approximate surface area is 126 Å². The first kappa shape index (κ1) is 15.8. The molecule has 1 aromatic heterocycles. The molecule has 1 aromatic carbocycles. The fourth-order valence-electron chi connectivity index (χ4n) is 1.74. The van der Waals surface area contributed by atoms with Crippen molar-refractivity contribution in [2.75, 3.05) is 6.54 Å². The van der Waals surface area contributed by atoms with Crippen molar-refractivity contribution in [2.24, 2.45) is 11.1 Å². The van der Waals surface area contributed by atoms with Crippen LogP contribution in [0.4, 0.5) is 5.69 Å². The first-order valence-corrected chi connectivity index (χ1v) is 6.73. The molecule has 8 heteroatoms. The summed E-state index contributed by atoms with van der Waals surface area (Å²) in [4.78, 5) is 26.5. The van der Waals surface area contributed by atoms with Gasteiger partial charge < -0.3 is 5.73 Å². The Balaban J connectivity index is 2.14. The van der Waals surface area contributed by atoms with Gasteiger partial charge in [0.2, 0.25) is 0 Å². The van der Waals surface area contributed by atoms with Crippen molar-refractivity contribution in [3.05, 3.63) is 40.2 Å². The van der Waals surface area contributed by atoms with Crippen LogP contribution < -0.4 is 5.73 Å². The van der Waals surface area contributed by atoms with Crippen LogP contribution in [0.25, 0.3) is 11.4 Å². The Morgan fingerprint density at radius 3 is 2.55 bits per heavy atom. The molecule has 116 valence electrons. The molecule has 2 rings (SSSR count). The molecule has 8 nitrogen and oxygen atoms in total. The number of H-pyrrole nitrogens is 1. The van der Waals surface area contributed by atoms with Crippen molar-refractivity contribution < 1.29 is 9.72 Å². The fraction of sp³-hybridized carbons (Fsp3) is 0.357.